The minimum absolute atomic E-state index is 0.0822. The van der Waals surface area contributed by atoms with E-state index in [1.54, 1.807) is 0 Å². The van der Waals surface area contributed by atoms with Gasteiger partial charge in [0.25, 0.3) is 0 Å². The minimum atomic E-state index is -1.17. The molecule has 0 spiro atoms. The van der Waals surface area contributed by atoms with Gasteiger partial charge in [-0.15, -0.1) is 0 Å². The second-order valence-electron chi connectivity index (χ2n) is 7.89. The van der Waals surface area contributed by atoms with Gasteiger partial charge in [-0.1, -0.05) is 48.5 Å². The number of nitrogens with zero attached hydrogens (tertiary/aromatic N) is 1. The van der Waals surface area contributed by atoms with Crippen LogP contribution in [0.25, 0.3) is 11.1 Å². The fraction of sp³-hybridized carbons (Fsp3) is 0.417. The molecule has 0 saturated carbocycles. The Balaban J connectivity index is 1.27. The number of carbonyl (C=O) groups excluding carboxylic acids is 1. The number of hydrogen-bond acceptors (Lipinski definition) is 6. The van der Waals surface area contributed by atoms with Crippen LogP contribution in [0, 0.1) is 0 Å². The van der Waals surface area contributed by atoms with E-state index in [0.29, 0.717) is 26.4 Å². The molecular formula is C24H28N2O6. The van der Waals surface area contributed by atoms with Crippen molar-refractivity contribution in [1.82, 2.24) is 10.2 Å². The van der Waals surface area contributed by atoms with Crippen LogP contribution >= 0.6 is 0 Å². The molecule has 170 valence electrons. The number of amides is 1. The van der Waals surface area contributed by atoms with Crippen molar-refractivity contribution in [3.05, 3.63) is 59.7 Å². The Morgan fingerprint density at radius 3 is 2.31 bits per heavy atom. The molecule has 2 aliphatic rings. The summed E-state index contributed by atoms with van der Waals surface area (Å²) in [6.07, 6.45) is -0.768. The van der Waals surface area contributed by atoms with Crippen molar-refractivity contribution in [3.8, 4) is 11.1 Å². The molecule has 1 heterocycles. The molecule has 4 rings (SSSR count). The maximum absolute atomic E-state index is 12.3. The van der Waals surface area contributed by atoms with E-state index in [9.17, 15) is 14.7 Å². The van der Waals surface area contributed by atoms with Crippen LogP contribution < -0.4 is 5.32 Å². The van der Waals surface area contributed by atoms with Gasteiger partial charge in [-0.25, -0.2) is 9.59 Å². The number of ether oxygens (including phenoxy) is 3. The number of alkyl carbamates (subject to hydrolysis) is 1. The van der Waals surface area contributed by atoms with Crippen LogP contribution in [0.15, 0.2) is 48.5 Å². The van der Waals surface area contributed by atoms with Crippen LogP contribution in [-0.4, -0.2) is 80.8 Å². The number of hydrogen-bond donors (Lipinski definition) is 2. The Morgan fingerprint density at radius 2 is 1.69 bits per heavy atom. The smallest absolute Gasteiger partial charge is 0.407 e. The molecule has 1 saturated heterocycles. The van der Waals surface area contributed by atoms with Crippen LogP contribution in [0.4, 0.5) is 4.79 Å². The number of aliphatic carboxylic acids is 1. The Hall–Kier alpha value is -2.94. The number of rotatable bonds is 9. The summed E-state index contributed by atoms with van der Waals surface area (Å²) in [4.78, 5) is 26.1. The van der Waals surface area contributed by atoms with Gasteiger partial charge in [-0.2, -0.15) is 0 Å². The molecule has 1 fully saturated rings. The standard InChI is InChI=1S/C24H28N2O6/c27-23(28)22(16-31-14-11-26-9-12-30-13-10-26)25-24(29)32-15-21-19-7-3-1-5-17(19)18-6-2-4-8-20(18)21/h1-8,21-22H,9-16H2,(H,25,29)(H,27,28)/t22-/m0/s1. The first-order valence-electron chi connectivity index (χ1n) is 10.9. The quantitative estimate of drug-likeness (QED) is 0.578. The topological polar surface area (TPSA) is 97.3 Å². The number of carboxylic acid groups (broad SMARTS) is 1. The summed E-state index contributed by atoms with van der Waals surface area (Å²) in [6.45, 7) is 4.15. The molecule has 0 radical (unpaired) electrons. The van der Waals surface area contributed by atoms with Crippen molar-refractivity contribution < 1.29 is 28.9 Å². The van der Waals surface area contributed by atoms with E-state index in [4.69, 9.17) is 14.2 Å². The lowest BCUT2D eigenvalue weighted by molar-refractivity contribution is -0.141. The third-order valence-electron chi connectivity index (χ3n) is 5.87. The molecular weight excluding hydrogens is 412 g/mol. The zero-order valence-electron chi connectivity index (χ0n) is 17.9. The molecule has 0 bridgehead atoms. The van der Waals surface area contributed by atoms with E-state index in [-0.39, 0.29) is 19.1 Å². The zero-order valence-corrected chi connectivity index (χ0v) is 17.9. The van der Waals surface area contributed by atoms with Crippen molar-refractivity contribution in [2.45, 2.75) is 12.0 Å². The number of carboxylic acids is 1. The maximum Gasteiger partial charge on any atom is 0.407 e. The Morgan fingerprint density at radius 1 is 1.06 bits per heavy atom. The molecule has 1 aliphatic carbocycles. The van der Waals surface area contributed by atoms with E-state index < -0.39 is 18.1 Å². The van der Waals surface area contributed by atoms with Crippen molar-refractivity contribution in [2.24, 2.45) is 0 Å². The first-order chi connectivity index (χ1) is 15.6. The van der Waals surface area contributed by atoms with Crippen molar-refractivity contribution in [1.29, 1.82) is 0 Å². The minimum Gasteiger partial charge on any atom is -0.480 e. The number of morpholine rings is 1. The fourth-order valence-electron chi connectivity index (χ4n) is 4.18. The highest BCUT2D eigenvalue weighted by atomic mass is 16.6. The predicted molar refractivity (Wildman–Crippen MR) is 118 cm³/mol. The number of carbonyl (C=O) groups is 2. The summed E-state index contributed by atoms with van der Waals surface area (Å²) in [6, 6.07) is 14.9. The van der Waals surface area contributed by atoms with Crippen molar-refractivity contribution >= 4 is 12.1 Å². The largest absolute Gasteiger partial charge is 0.480 e. The van der Waals surface area contributed by atoms with Gasteiger partial charge < -0.3 is 24.6 Å². The average molecular weight is 440 g/mol. The number of nitrogens with one attached hydrogen (secondary N) is 1. The second kappa shape index (κ2) is 10.6. The highest BCUT2D eigenvalue weighted by Crippen LogP contribution is 2.44. The summed E-state index contributed by atoms with van der Waals surface area (Å²) >= 11 is 0. The highest BCUT2D eigenvalue weighted by Gasteiger charge is 2.29. The van der Waals surface area contributed by atoms with E-state index in [1.807, 2.05) is 36.4 Å². The van der Waals surface area contributed by atoms with E-state index in [0.717, 1.165) is 35.3 Å². The summed E-state index contributed by atoms with van der Waals surface area (Å²) in [7, 11) is 0. The summed E-state index contributed by atoms with van der Waals surface area (Å²) in [5.74, 6) is -1.24. The highest BCUT2D eigenvalue weighted by molar-refractivity contribution is 5.81. The lowest BCUT2D eigenvalue weighted by Gasteiger charge is -2.26. The molecule has 0 aromatic heterocycles. The van der Waals surface area contributed by atoms with Crippen LogP contribution in [-0.2, 0) is 19.0 Å². The molecule has 2 aromatic rings. The van der Waals surface area contributed by atoms with E-state index >= 15 is 0 Å². The van der Waals surface area contributed by atoms with Crippen LogP contribution in [0.1, 0.15) is 17.0 Å². The average Bonchev–Trinajstić information content (AvgIpc) is 3.14. The van der Waals surface area contributed by atoms with Crippen LogP contribution in [0.3, 0.4) is 0 Å². The first kappa shape index (κ1) is 22.3. The molecule has 2 aromatic carbocycles. The molecule has 0 unspecified atom stereocenters. The van der Waals surface area contributed by atoms with Crippen molar-refractivity contribution in [2.75, 3.05) is 52.7 Å². The molecule has 1 atom stereocenters. The predicted octanol–water partition coefficient (Wildman–Crippen LogP) is 2.33. The zero-order chi connectivity index (χ0) is 22.3. The van der Waals surface area contributed by atoms with Gasteiger partial charge in [0.2, 0.25) is 0 Å². The molecule has 8 heteroatoms. The Kier molecular flexibility index (Phi) is 7.36. The normalized spacial score (nSPS) is 16.8. The van der Waals surface area contributed by atoms with Gasteiger partial charge in [0.1, 0.15) is 6.61 Å². The van der Waals surface area contributed by atoms with Gasteiger partial charge in [-0.05, 0) is 22.3 Å². The number of benzene rings is 2. The first-order valence-corrected chi connectivity index (χ1v) is 10.9. The second-order valence-corrected chi connectivity index (χ2v) is 7.89. The molecule has 2 N–H and O–H groups in total. The Labute approximate surface area is 187 Å². The maximum atomic E-state index is 12.3. The summed E-state index contributed by atoms with van der Waals surface area (Å²) < 4.78 is 16.2. The number of fused-ring (bicyclic) bond motifs is 3. The van der Waals surface area contributed by atoms with Crippen molar-refractivity contribution in [3.63, 3.8) is 0 Å². The fourth-order valence-corrected chi connectivity index (χ4v) is 4.18. The summed E-state index contributed by atoms with van der Waals surface area (Å²) in [5, 5.41) is 11.8. The lowest BCUT2D eigenvalue weighted by atomic mass is 9.98. The van der Waals surface area contributed by atoms with Gasteiger partial charge in [-0.3, -0.25) is 4.90 Å². The molecule has 1 amide bonds. The van der Waals surface area contributed by atoms with E-state index in [2.05, 4.69) is 22.3 Å². The van der Waals surface area contributed by atoms with E-state index in [1.165, 1.54) is 0 Å². The monoisotopic (exact) mass is 440 g/mol. The third kappa shape index (κ3) is 5.27. The Bertz CT molecular complexity index is 898. The van der Waals surface area contributed by atoms with Gasteiger partial charge in [0.05, 0.1) is 26.4 Å². The molecule has 1 aliphatic heterocycles. The van der Waals surface area contributed by atoms with Gasteiger partial charge in [0.15, 0.2) is 6.04 Å². The van der Waals surface area contributed by atoms with Crippen LogP contribution in [0.2, 0.25) is 0 Å². The third-order valence-corrected chi connectivity index (χ3v) is 5.87. The SMILES string of the molecule is O=C(N[C@@H](COCCN1CCOCC1)C(=O)O)OCC1c2ccccc2-c2ccccc21. The molecule has 8 nitrogen and oxygen atoms in total. The molecule has 32 heavy (non-hydrogen) atoms. The van der Waals surface area contributed by atoms with Gasteiger partial charge >= 0.3 is 12.1 Å². The lowest BCUT2D eigenvalue weighted by Crippen LogP contribution is -2.45. The van der Waals surface area contributed by atoms with Gasteiger partial charge in [0, 0.05) is 25.6 Å². The van der Waals surface area contributed by atoms with Crippen LogP contribution in [0.5, 0.6) is 0 Å². The summed E-state index contributed by atoms with van der Waals surface area (Å²) in [5.41, 5.74) is 4.47.